The van der Waals surface area contributed by atoms with Crippen molar-refractivity contribution in [3.8, 4) is 5.75 Å². The summed E-state index contributed by atoms with van der Waals surface area (Å²) in [6, 6.07) is 14.6. The number of aldehydes is 1. The minimum Gasteiger partial charge on any atom is -0.489 e. The van der Waals surface area contributed by atoms with Gasteiger partial charge >= 0.3 is 0 Å². The lowest BCUT2D eigenvalue weighted by atomic mass is 9.67. The molecule has 168 valence electrons. The first-order chi connectivity index (χ1) is 15.7. The minimum atomic E-state index is -0.475. The molecule has 0 bridgehead atoms. The number of anilines is 1. The van der Waals surface area contributed by atoms with Crippen molar-refractivity contribution in [2.75, 3.05) is 38.4 Å². The highest BCUT2D eigenvalue weighted by Gasteiger charge is 2.54. The molecule has 0 radical (unpaired) electrons. The number of fused-ring (bicyclic) bond motifs is 3. The Kier molecular flexibility index (Phi) is 5.69. The lowest BCUT2D eigenvalue weighted by Gasteiger charge is -2.43. The van der Waals surface area contributed by atoms with Crippen LogP contribution in [0.4, 0.5) is 10.1 Å². The van der Waals surface area contributed by atoms with Crippen LogP contribution in [0.3, 0.4) is 0 Å². The normalized spacial score (nSPS) is 24.9. The molecule has 0 aliphatic carbocycles. The second-order valence-electron chi connectivity index (χ2n) is 8.76. The summed E-state index contributed by atoms with van der Waals surface area (Å²) in [4.78, 5) is 14.1. The van der Waals surface area contributed by atoms with E-state index in [1.54, 1.807) is 13.2 Å². The molecule has 0 N–H and O–H groups in total. The molecule has 1 unspecified atom stereocenters. The number of hydrazone groups is 1. The first-order valence-corrected chi connectivity index (χ1v) is 11.2. The largest absolute Gasteiger partial charge is 0.489 e. The number of methoxy groups -OCH3 is 1. The van der Waals surface area contributed by atoms with E-state index in [0.717, 1.165) is 50.0 Å². The van der Waals surface area contributed by atoms with Gasteiger partial charge in [-0.05, 0) is 37.1 Å². The van der Waals surface area contributed by atoms with Crippen molar-refractivity contribution < 1.29 is 18.7 Å². The quantitative estimate of drug-likeness (QED) is 0.593. The van der Waals surface area contributed by atoms with E-state index in [1.165, 1.54) is 12.1 Å². The standard InChI is InChI=1S/C25H28FN3O3/c1-31-20-15-28(16-20)12-5-11-25(18-6-3-2-4-7-18)23(10-13-30)27-29-21-14-19(26)8-9-22(21)32-17-24(25)29/h2-4,6-9,13-14,20,24H,5,10-12,15-17H2,1H3/t24?,25-/m0/s1. The highest BCUT2D eigenvalue weighted by atomic mass is 19.1. The monoisotopic (exact) mass is 437 g/mol. The molecule has 3 aliphatic heterocycles. The van der Waals surface area contributed by atoms with Crippen LogP contribution < -0.4 is 9.75 Å². The predicted octanol–water partition coefficient (Wildman–Crippen LogP) is 3.40. The molecule has 0 saturated carbocycles. The van der Waals surface area contributed by atoms with Gasteiger partial charge in [0.15, 0.2) is 0 Å². The zero-order valence-electron chi connectivity index (χ0n) is 18.2. The van der Waals surface area contributed by atoms with Crippen LogP contribution in [-0.2, 0) is 14.9 Å². The third-order valence-corrected chi connectivity index (χ3v) is 7.04. The van der Waals surface area contributed by atoms with Crippen molar-refractivity contribution in [2.24, 2.45) is 5.10 Å². The summed E-state index contributed by atoms with van der Waals surface area (Å²) < 4.78 is 25.6. The topological polar surface area (TPSA) is 54.4 Å². The Morgan fingerprint density at radius 3 is 2.81 bits per heavy atom. The smallest absolute Gasteiger partial charge is 0.144 e. The number of likely N-dealkylation sites (tertiary alicyclic amines) is 1. The molecule has 3 heterocycles. The summed E-state index contributed by atoms with van der Waals surface area (Å²) in [6.07, 6.45) is 3.25. The molecule has 1 fully saturated rings. The fourth-order valence-corrected chi connectivity index (χ4v) is 5.37. The van der Waals surface area contributed by atoms with Gasteiger partial charge in [0.25, 0.3) is 0 Å². The summed E-state index contributed by atoms with van der Waals surface area (Å²) >= 11 is 0. The Morgan fingerprint density at radius 2 is 2.06 bits per heavy atom. The van der Waals surface area contributed by atoms with Gasteiger partial charge in [-0.15, -0.1) is 0 Å². The van der Waals surface area contributed by atoms with Crippen LogP contribution in [0.15, 0.2) is 53.6 Å². The van der Waals surface area contributed by atoms with Gasteiger partial charge in [-0.2, -0.15) is 5.10 Å². The van der Waals surface area contributed by atoms with Crippen LogP contribution in [0.2, 0.25) is 0 Å². The zero-order valence-corrected chi connectivity index (χ0v) is 18.2. The second kappa shape index (κ2) is 8.64. The first kappa shape index (κ1) is 21.1. The van der Waals surface area contributed by atoms with Gasteiger partial charge < -0.3 is 14.3 Å². The molecule has 0 amide bonds. The van der Waals surface area contributed by atoms with Crippen molar-refractivity contribution in [1.82, 2.24) is 4.90 Å². The summed E-state index contributed by atoms with van der Waals surface area (Å²) in [6.45, 7) is 3.29. The molecule has 7 heteroatoms. The van der Waals surface area contributed by atoms with Crippen LogP contribution in [0.1, 0.15) is 24.8 Å². The predicted molar refractivity (Wildman–Crippen MR) is 121 cm³/mol. The number of carbonyl (C=O) groups excluding carboxylic acids is 1. The third-order valence-electron chi connectivity index (χ3n) is 7.04. The number of benzene rings is 2. The molecule has 2 atom stereocenters. The van der Waals surface area contributed by atoms with Crippen LogP contribution in [0.25, 0.3) is 0 Å². The van der Waals surface area contributed by atoms with E-state index in [9.17, 15) is 9.18 Å². The van der Waals surface area contributed by atoms with Crippen molar-refractivity contribution >= 4 is 17.7 Å². The Hall–Kier alpha value is -2.77. The fraction of sp³-hybridized carbons (Fsp3) is 0.440. The summed E-state index contributed by atoms with van der Waals surface area (Å²) in [7, 11) is 1.76. The maximum absolute atomic E-state index is 14.1. The molecule has 0 spiro atoms. The molecular weight excluding hydrogens is 409 g/mol. The zero-order chi connectivity index (χ0) is 22.1. The summed E-state index contributed by atoms with van der Waals surface area (Å²) in [5, 5.41) is 6.80. The van der Waals surface area contributed by atoms with Crippen LogP contribution >= 0.6 is 0 Å². The summed E-state index contributed by atoms with van der Waals surface area (Å²) in [5.41, 5.74) is 2.09. The molecule has 2 aromatic rings. The van der Waals surface area contributed by atoms with Crippen molar-refractivity contribution in [1.29, 1.82) is 0 Å². The number of halogens is 1. The lowest BCUT2D eigenvalue weighted by Crippen LogP contribution is -2.54. The molecule has 6 nitrogen and oxygen atoms in total. The SMILES string of the molecule is COC1CN(CCC[C@]2(c3ccccc3)C(CC=O)=NN3c4cc(F)ccc4OCC32)C1. The van der Waals surface area contributed by atoms with E-state index in [4.69, 9.17) is 14.6 Å². The summed E-state index contributed by atoms with van der Waals surface area (Å²) in [5.74, 6) is 0.287. The van der Waals surface area contributed by atoms with Crippen molar-refractivity contribution in [3.05, 3.63) is 59.9 Å². The Bertz CT molecular complexity index is 1010. The minimum absolute atomic E-state index is 0.141. The van der Waals surface area contributed by atoms with E-state index in [0.29, 0.717) is 24.1 Å². The van der Waals surface area contributed by atoms with E-state index >= 15 is 0 Å². The molecular formula is C25H28FN3O3. The van der Waals surface area contributed by atoms with E-state index < -0.39 is 5.41 Å². The third kappa shape index (κ3) is 3.49. The number of carbonyl (C=O) groups is 1. The highest BCUT2D eigenvalue weighted by molar-refractivity contribution is 6.05. The Balaban J connectivity index is 1.50. The Morgan fingerprint density at radius 1 is 1.25 bits per heavy atom. The molecule has 32 heavy (non-hydrogen) atoms. The number of ether oxygens (including phenoxy) is 2. The number of nitrogens with zero attached hydrogens (tertiary/aromatic N) is 3. The van der Waals surface area contributed by atoms with Gasteiger partial charge in [-0.3, -0.25) is 9.91 Å². The van der Waals surface area contributed by atoms with Gasteiger partial charge in [0.2, 0.25) is 0 Å². The maximum Gasteiger partial charge on any atom is 0.144 e. The Labute approximate surface area is 187 Å². The van der Waals surface area contributed by atoms with Crippen molar-refractivity contribution in [3.63, 3.8) is 0 Å². The van der Waals surface area contributed by atoms with Crippen molar-refractivity contribution in [2.45, 2.75) is 36.8 Å². The van der Waals surface area contributed by atoms with E-state index in [1.807, 2.05) is 23.2 Å². The van der Waals surface area contributed by atoms with Crippen LogP contribution in [0, 0.1) is 5.82 Å². The van der Waals surface area contributed by atoms with Gasteiger partial charge in [0, 0.05) is 32.7 Å². The molecule has 2 aromatic carbocycles. The van der Waals surface area contributed by atoms with Gasteiger partial charge in [-0.1, -0.05) is 30.3 Å². The van der Waals surface area contributed by atoms with Gasteiger partial charge in [0.1, 0.15) is 36.2 Å². The van der Waals surface area contributed by atoms with Crippen LogP contribution in [-0.4, -0.2) is 62.4 Å². The number of hydrogen-bond donors (Lipinski definition) is 0. The average molecular weight is 438 g/mol. The molecule has 3 aliphatic rings. The lowest BCUT2D eigenvalue weighted by molar-refractivity contribution is -0.106. The first-order valence-electron chi connectivity index (χ1n) is 11.2. The van der Waals surface area contributed by atoms with Gasteiger partial charge in [0.05, 0.1) is 17.2 Å². The second-order valence-corrected chi connectivity index (χ2v) is 8.76. The van der Waals surface area contributed by atoms with E-state index in [-0.39, 0.29) is 18.3 Å². The van der Waals surface area contributed by atoms with E-state index in [2.05, 4.69) is 17.0 Å². The molecule has 5 rings (SSSR count). The molecule has 1 saturated heterocycles. The maximum atomic E-state index is 14.1. The fourth-order valence-electron chi connectivity index (χ4n) is 5.37. The molecule has 0 aromatic heterocycles. The van der Waals surface area contributed by atoms with Gasteiger partial charge in [-0.25, -0.2) is 4.39 Å². The number of rotatable bonds is 8. The number of hydrogen-bond acceptors (Lipinski definition) is 6. The average Bonchev–Trinajstić information content (AvgIpc) is 3.10. The van der Waals surface area contributed by atoms with Crippen LogP contribution in [0.5, 0.6) is 5.75 Å². The highest BCUT2D eigenvalue weighted by Crippen LogP contribution is 2.48.